The Hall–Kier alpha value is -1.16. The summed E-state index contributed by atoms with van der Waals surface area (Å²) in [4.78, 5) is 11.4. The third kappa shape index (κ3) is 4.44. The predicted octanol–water partition coefficient (Wildman–Crippen LogP) is 2.99. The van der Waals surface area contributed by atoms with Crippen LogP contribution in [0.1, 0.15) is 52.5 Å². The molecule has 0 bridgehead atoms. The zero-order valence-corrected chi connectivity index (χ0v) is 13.3. The van der Waals surface area contributed by atoms with Crippen LogP contribution in [0.4, 0.5) is 5.95 Å². The van der Waals surface area contributed by atoms with E-state index in [1.165, 1.54) is 19.3 Å². The van der Waals surface area contributed by atoms with Crippen LogP contribution in [0.3, 0.4) is 0 Å². The van der Waals surface area contributed by atoms with E-state index in [1.807, 2.05) is 12.4 Å². The van der Waals surface area contributed by atoms with Crippen LogP contribution in [-0.2, 0) is 6.54 Å². The summed E-state index contributed by atoms with van der Waals surface area (Å²) in [5.41, 5.74) is 1.27. The van der Waals surface area contributed by atoms with Crippen molar-refractivity contribution < 1.29 is 0 Å². The maximum atomic E-state index is 4.53. The Kier molecular flexibility index (Phi) is 4.97. The van der Waals surface area contributed by atoms with E-state index in [9.17, 15) is 0 Å². The molecule has 1 fully saturated rings. The van der Waals surface area contributed by atoms with Crippen LogP contribution in [0.15, 0.2) is 12.4 Å². The maximum Gasteiger partial charge on any atom is 0.225 e. The van der Waals surface area contributed by atoms with Crippen molar-refractivity contribution in [2.75, 3.05) is 18.0 Å². The van der Waals surface area contributed by atoms with E-state index in [0.29, 0.717) is 0 Å². The van der Waals surface area contributed by atoms with Gasteiger partial charge in [0.2, 0.25) is 5.95 Å². The molecule has 0 radical (unpaired) electrons. The first kappa shape index (κ1) is 15.2. The maximum absolute atomic E-state index is 4.53. The number of hydrogen-bond donors (Lipinski definition) is 1. The minimum atomic E-state index is 0.126. The molecular weight excluding hydrogens is 248 g/mol. The highest BCUT2D eigenvalue weighted by molar-refractivity contribution is 5.31. The topological polar surface area (TPSA) is 41.1 Å². The average molecular weight is 276 g/mol. The zero-order chi connectivity index (χ0) is 14.6. The molecule has 0 aliphatic carbocycles. The summed E-state index contributed by atoms with van der Waals surface area (Å²) >= 11 is 0. The van der Waals surface area contributed by atoms with Crippen molar-refractivity contribution in [3.8, 4) is 0 Å². The zero-order valence-electron chi connectivity index (χ0n) is 13.3. The Morgan fingerprint density at radius 3 is 2.60 bits per heavy atom. The molecule has 1 unspecified atom stereocenters. The second-order valence-corrected chi connectivity index (χ2v) is 6.88. The van der Waals surface area contributed by atoms with E-state index in [4.69, 9.17) is 0 Å². The molecule has 4 nitrogen and oxygen atoms in total. The molecule has 1 atom stereocenters. The lowest BCUT2D eigenvalue weighted by Gasteiger charge is -2.21. The minimum Gasteiger partial charge on any atom is -0.341 e. The van der Waals surface area contributed by atoms with Gasteiger partial charge < -0.3 is 10.2 Å². The number of nitrogens with zero attached hydrogens (tertiary/aromatic N) is 3. The Morgan fingerprint density at radius 2 is 2.00 bits per heavy atom. The molecule has 112 valence electrons. The molecule has 1 aliphatic rings. The third-order valence-corrected chi connectivity index (χ3v) is 3.78. The first-order valence-electron chi connectivity index (χ1n) is 7.79. The summed E-state index contributed by atoms with van der Waals surface area (Å²) in [5, 5.41) is 3.46. The largest absolute Gasteiger partial charge is 0.341 e. The number of nitrogens with one attached hydrogen (secondary N) is 1. The fraction of sp³-hybridized carbons (Fsp3) is 0.750. The molecular formula is C16H28N4. The van der Waals surface area contributed by atoms with E-state index in [0.717, 1.165) is 37.1 Å². The highest BCUT2D eigenvalue weighted by Gasteiger charge is 2.23. The minimum absolute atomic E-state index is 0.126. The van der Waals surface area contributed by atoms with Crippen LogP contribution in [0.2, 0.25) is 0 Å². The third-order valence-electron chi connectivity index (χ3n) is 3.78. The van der Waals surface area contributed by atoms with Crippen molar-refractivity contribution >= 4 is 5.95 Å². The summed E-state index contributed by atoms with van der Waals surface area (Å²) < 4.78 is 0. The summed E-state index contributed by atoms with van der Waals surface area (Å²) in [5.74, 6) is 1.72. The van der Waals surface area contributed by atoms with Crippen molar-refractivity contribution in [3.63, 3.8) is 0 Å². The molecule has 1 aromatic heterocycles. The van der Waals surface area contributed by atoms with Crippen molar-refractivity contribution in [2.24, 2.45) is 5.92 Å². The van der Waals surface area contributed by atoms with Gasteiger partial charge in [0, 0.05) is 43.1 Å². The highest BCUT2D eigenvalue weighted by Crippen LogP contribution is 2.23. The van der Waals surface area contributed by atoms with Gasteiger partial charge in [-0.05, 0) is 39.5 Å². The van der Waals surface area contributed by atoms with Crippen LogP contribution in [0, 0.1) is 5.92 Å². The lowest BCUT2D eigenvalue weighted by atomic mass is 10.0. The van der Waals surface area contributed by atoms with Crippen LogP contribution in [0.25, 0.3) is 0 Å². The number of aromatic nitrogens is 2. The van der Waals surface area contributed by atoms with Crippen LogP contribution < -0.4 is 10.2 Å². The second-order valence-electron chi connectivity index (χ2n) is 6.88. The van der Waals surface area contributed by atoms with Gasteiger partial charge in [0.1, 0.15) is 0 Å². The average Bonchev–Trinajstić information content (AvgIpc) is 2.85. The van der Waals surface area contributed by atoms with Crippen molar-refractivity contribution in [1.29, 1.82) is 0 Å². The lowest BCUT2D eigenvalue weighted by molar-refractivity contribution is 0.423. The van der Waals surface area contributed by atoms with Crippen LogP contribution in [0.5, 0.6) is 0 Å². The standard InChI is InChI=1S/C16H28N4/c1-5-6-13-7-8-20(12-13)15-17-9-14(10-18-15)11-19-16(2,3)4/h9-10,13,19H,5-8,11-12H2,1-4H3. The van der Waals surface area contributed by atoms with Crippen molar-refractivity contribution in [1.82, 2.24) is 15.3 Å². The van der Waals surface area contributed by atoms with E-state index in [-0.39, 0.29) is 5.54 Å². The van der Waals surface area contributed by atoms with E-state index in [1.54, 1.807) is 0 Å². The molecule has 1 N–H and O–H groups in total. The molecule has 0 spiro atoms. The van der Waals surface area contributed by atoms with Gasteiger partial charge in [-0.3, -0.25) is 0 Å². The smallest absolute Gasteiger partial charge is 0.225 e. The molecule has 0 amide bonds. The van der Waals surface area contributed by atoms with Gasteiger partial charge in [-0.15, -0.1) is 0 Å². The highest BCUT2D eigenvalue weighted by atomic mass is 15.3. The van der Waals surface area contributed by atoms with Gasteiger partial charge in [0.25, 0.3) is 0 Å². The van der Waals surface area contributed by atoms with Gasteiger partial charge in [-0.1, -0.05) is 13.3 Å². The monoisotopic (exact) mass is 276 g/mol. The molecule has 4 heteroatoms. The first-order chi connectivity index (χ1) is 9.48. The molecule has 0 saturated carbocycles. The van der Waals surface area contributed by atoms with Crippen molar-refractivity contribution in [2.45, 2.75) is 59.0 Å². The molecule has 1 saturated heterocycles. The quantitative estimate of drug-likeness (QED) is 0.897. The first-order valence-corrected chi connectivity index (χ1v) is 7.79. The lowest BCUT2D eigenvalue weighted by Crippen LogP contribution is -2.35. The molecule has 0 aromatic carbocycles. The summed E-state index contributed by atoms with van der Waals surface area (Å²) in [6.07, 6.45) is 7.79. The molecule has 2 rings (SSSR count). The Bertz CT molecular complexity index is 407. The van der Waals surface area contributed by atoms with Gasteiger partial charge >= 0.3 is 0 Å². The Labute approximate surface area is 123 Å². The SMILES string of the molecule is CCCC1CCN(c2ncc(CNC(C)(C)C)cn2)C1. The Balaban J connectivity index is 1.89. The van der Waals surface area contributed by atoms with E-state index >= 15 is 0 Å². The summed E-state index contributed by atoms with van der Waals surface area (Å²) in [6, 6.07) is 0. The summed E-state index contributed by atoms with van der Waals surface area (Å²) in [6.45, 7) is 11.8. The molecule has 20 heavy (non-hydrogen) atoms. The number of hydrogen-bond acceptors (Lipinski definition) is 4. The van der Waals surface area contributed by atoms with E-state index < -0.39 is 0 Å². The van der Waals surface area contributed by atoms with Gasteiger partial charge in [-0.2, -0.15) is 0 Å². The van der Waals surface area contributed by atoms with Crippen molar-refractivity contribution in [3.05, 3.63) is 18.0 Å². The second kappa shape index (κ2) is 6.53. The Morgan fingerprint density at radius 1 is 1.30 bits per heavy atom. The number of anilines is 1. The summed E-state index contributed by atoms with van der Waals surface area (Å²) in [7, 11) is 0. The van der Waals surface area contributed by atoms with Gasteiger partial charge in [-0.25, -0.2) is 9.97 Å². The predicted molar refractivity (Wildman–Crippen MR) is 83.9 cm³/mol. The van der Waals surface area contributed by atoms with Crippen LogP contribution >= 0.6 is 0 Å². The van der Waals surface area contributed by atoms with Gasteiger partial charge in [0.15, 0.2) is 0 Å². The normalized spacial score (nSPS) is 19.6. The molecule has 1 aliphatic heterocycles. The number of rotatable bonds is 5. The van der Waals surface area contributed by atoms with E-state index in [2.05, 4.69) is 47.9 Å². The fourth-order valence-corrected chi connectivity index (χ4v) is 2.63. The fourth-order valence-electron chi connectivity index (χ4n) is 2.63. The van der Waals surface area contributed by atoms with Crippen LogP contribution in [-0.4, -0.2) is 28.6 Å². The molecule has 2 heterocycles. The van der Waals surface area contributed by atoms with Gasteiger partial charge in [0.05, 0.1) is 0 Å². The molecule has 1 aromatic rings.